The summed E-state index contributed by atoms with van der Waals surface area (Å²) >= 11 is 0. The van der Waals surface area contributed by atoms with Crippen LogP contribution >= 0.6 is 0 Å². The van der Waals surface area contributed by atoms with Crippen molar-refractivity contribution in [3.63, 3.8) is 0 Å². The van der Waals surface area contributed by atoms with Crippen LogP contribution in [0.2, 0.25) is 0 Å². The molecule has 1 fully saturated rings. The summed E-state index contributed by atoms with van der Waals surface area (Å²) < 4.78 is 7.00. The summed E-state index contributed by atoms with van der Waals surface area (Å²) in [5.74, 6) is -1.33. The third kappa shape index (κ3) is 3.41. The number of benzene rings is 1. The van der Waals surface area contributed by atoms with E-state index >= 15 is 0 Å². The van der Waals surface area contributed by atoms with Crippen LogP contribution in [-0.2, 0) is 16.1 Å². The molecular weight excluding hydrogens is 322 g/mol. The molecule has 3 rings (SSSR count). The van der Waals surface area contributed by atoms with Crippen molar-refractivity contribution >= 4 is 11.9 Å². The van der Waals surface area contributed by atoms with E-state index in [0.29, 0.717) is 18.5 Å². The molecule has 0 spiro atoms. The minimum atomic E-state index is -1.01. The molecule has 1 aliphatic heterocycles. The highest BCUT2D eigenvalue weighted by atomic mass is 16.5. The van der Waals surface area contributed by atoms with Gasteiger partial charge >= 0.3 is 5.97 Å². The first-order valence-electron chi connectivity index (χ1n) is 8.14. The first-order chi connectivity index (χ1) is 12.0. The number of carbonyl (C=O) groups is 2. The molecule has 7 nitrogen and oxygen atoms in total. The number of hydrogen-bond donors (Lipinski definition) is 1. The van der Waals surface area contributed by atoms with Crippen LogP contribution < -0.4 is 0 Å². The molecule has 2 atom stereocenters. The molecule has 2 unspecified atom stereocenters. The average Bonchev–Trinajstić information content (AvgIpc) is 3.20. The third-order valence-electron chi connectivity index (χ3n) is 4.65. The van der Waals surface area contributed by atoms with Crippen LogP contribution in [0.4, 0.5) is 0 Å². The molecule has 0 aliphatic carbocycles. The summed E-state index contributed by atoms with van der Waals surface area (Å²) in [4.78, 5) is 25.7. The molecule has 0 bridgehead atoms. The number of carboxylic acids is 1. The molecule has 2 heterocycles. The second-order valence-electron chi connectivity index (χ2n) is 6.19. The molecule has 1 aliphatic rings. The zero-order valence-electron chi connectivity index (χ0n) is 14.3. The fraction of sp³-hybridized carbons (Fsp3) is 0.389. The Morgan fingerprint density at radius 2 is 2.04 bits per heavy atom. The number of rotatable bonds is 5. The van der Waals surface area contributed by atoms with Crippen LogP contribution in [0.15, 0.2) is 36.5 Å². The predicted molar refractivity (Wildman–Crippen MR) is 90.4 cm³/mol. The van der Waals surface area contributed by atoms with E-state index in [4.69, 9.17) is 4.74 Å². The zero-order chi connectivity index (χ0) is 18.0. The van der Waals surface area contributed by atoms with Crippen molar-refractivity contribution < 1.29 is 19.4 Å². The van der Waals surface area contributed by atoms with Gasteiger partial charge in [0.1, 0.15) is 6.04 Å². The van der Waals surface area contributed by atoms with Gasteiger partial charge in [-0.25, -0.2) is 4.79 Å². The molecule has 1 N–H and O–H groups in total. The van der Waals surface area contributed by atoms with Gasteiger partial charge in [0.15, 0.2) is 0 Å². The number of hydrogen-bond acceptors (Lipinski definition) is 4. The maximum Gasteiger partial charge on any atom is 0.326 e. The summed E-state index contributed by atoms with van der Waals surface area (Å²) in [5.41, 5.74) is 2.23. The molecule has 1 aromatic carbocycles. The molecule has 7 heteroatoms. The smallest absolute Gasteiger partial charge is 0.326 e. The number of carbonyl (C=O) groups excluding carboxylic acids is 1. The van der Waals surface area contributed by atoms with E-state index < -0.39 is 12.0 Å². The van der Waals surface area contributed by atoms with Crippen molar-refractivity contribution in [2.24, 2.45) is 0 Å². The van der Waals surface area contributed by atoms with E-state index in [1.54, 1.807) is 4.68 Å². The lowest BCUT2D eigenvalue weighted by molar-refractivity contribution is -0.141. The molecule has 1 saturated heterocycles. The maximum atomic E-state index is 12.9. The summed E-state index contributed by atoms with van der Waals surface area (Å²) in [6, 6.07) is 8.97. The minimum Gasteiger partial charge on any atom is -0.480 e. The van der Waals surface area contributed by atoms with Crippen LogP contribution in [0.5, 0.6) is 0 Å². The van der Waals surface area contributed by atoms with Gasteiger partial charge in [0, 0.05) is 25.8 Å². The van der Waals surface area contributed by atoms with Crippen LogP contribution in [0.1, 0.15) is 28.0 Å². The van der Waals surface area contributed by atoms with Gasteiger partial charge in [-0.15, -0.1) is 0 Å². The monoisotopic (exact) mass is 343 g/mol. The Bertz CT molecular complexity index is 772. The van der Waals surface area contributed by atoms with Crippen molar-refractivity contribution in [3.8, 4) is 0 Å². The zero-order valence-corrected chi connectivity index (χ0v) is 14.3. The van der Waals surface area contributed by atoms with Gasteiger partial charge in [0.25, 0.3) is 5.91 Å². The van der Waals surface area contributed by atoms with E-state index in [9.17, 15) is 14.7 Å². The molecule has 25 heavy (non-hydrogen) atoms. The van der Waals surface area contributed by atoms with E-state index in [-0.39, 0.29) is 18.6 Å². The Balaban J connectivity index is 1.82. The average molecular weight is 343 g/mol. The SMILES string of the molecule is COC1CC(C(=O)O)N(C(=O)c2cnn(Cc3ccccc3)c2C)C1. The standard InChI is InChI=1S/C18H21N3O4/c1-12-15(9-19-21(12)10-13-6-4-3-5-7-13)17(22)20-11-14(25-2)8-16(20)18(23)24/h3-7,9,14,16H,8,10-11H2,1-2H3,(H,23,24). The quantitative estimate of drug-likeness (QED) is 0.890. The summed E-state index contributed by atoms with van der Waals surface area (Å²) in [6.45, 7) is 2.65. The Morgan fingerprint density at radius 3 is 2.68 bits per heavy atom. The van der Waals surface area contributed by atoms with Crippen LogP contribution in [-0.4, -0.2) is 57.5 Å². The van der Waals surface area contributed by atoms with E-state index in [2.05, 4.69) is 5.10 Å². The van der Waals surface area contributed by atoms with Gasteiger partial charge in [0.2, 0.25) is 0 Å². The van der Waals surface area contributed by atoms with E-state index in [0.717, 1.165) is 11.3 Å². The number of amides is 1. The van der Waals surface area contributed by atoms with Gasteiger partial charge in [0.05, 0.1) is 24.4 Å². The van der Waals surface area contributed by atoms with Crippen molar-refractivity contribution in [1.82, 2.24) is 14.7 Å². The second kappa shape index (κ2) is 7.06. The van der Waals surface area contributed by atoms with Gasteiger partial charge in [-0.05, 0) is 12.5 Å². The van der Waals surface area contributed by atoms with E-state index in [1.807, 2.05) is 37.3 Å². The number of carboxylic acid groups (broad SMARTS) is 1. The van der Waals surface area contributed by atoms with Gasteiger partial charge in [-0.2, -0.15) is 5.10 Å². The molecule has 2 aromatic rings. The number of methoxy groups -OCH3 is 1. The number of nitrogens with zero attached hydrogens (tertiary/aromatic N) is 3. The molecule has 0 saturated carbocycles. The summed E-state index contributed by atoms with van der Waals surface area (Å²) in [5, 5.41) is 13.7. The fourth-order valence-electron chi connectivity index (χ4n) is 3.15. The number of likely N-dealkylation sites (tertiary alicyclic amines) is 1. The van der Waals surface area contributed by atoms with Crippen LogP contribution in [0.3, 0.4) is 0 Å². The lowest BCUT2D eigenvalue weighted by Gasteiger charge is -2.21. The van der Waals surface area contributed by atoms with Gasteiger partial charge < -0.3 is 14.7 Å². The largest absolute Gasteiger partial charge is 0.480 e. The molecule has 132 valence electrons. The molecule has 1 aromatic heterocycles. The van der Waals surface area contributed by atoms with E-state index in [1.165, 1.54) is 18.2 Å². The number of aromatic nitrogens is 2. The van der Waals surface area contributed by atoms with Crippen molar-refractivity contribution in [1.29, 1.82) is 0 Å². The van der Waals surface area contributed by atoms with Crippen LogP contribution in [0.25, 0.3) is 0 Å². The Labute approximate surface area is 145 Å². The minimum absolute atomic E-state index is 0.260. The number of aliphatic carboxylic acids is 1. The normalized spacial score (nSPS) is 20.0. The predicted octanol–water partition coefficient (Wildman–Crippen LogP) is 1.55. The topological polar surface area (TPSA) is 84.7 Å². The van der Waals surface area contributed by atoms with Crippen molar-refractivity contribution in [3.05, 3.63) is 53.3 Å². The van der Waals surface area contributed by atoms with Gasteiger partial charge in [-0.3, -0.25) is 9.48 Å². The molecular formula is C18H21N3O4. The Hall–Kier alpha value is -2.67. The summed E-state index contributed by atoms with van der Waals surface area (Å²) in [7, 11) is 1.53. The first kappa shape index (κ1) is 17.2. The maximum absolute atomic E-state index is 12.9. The third-order valence-corrected chi connectivity index (χ3v) is 4.65. The Kier molecular flexibility index (Phi) is 4.85. The second-order valence-corrected chi connectivity index (χ2v) is 6.19. The highest BCUT2D eigenvalue weighted by Gasteiger charge is 2.40. The number of ether oxygens (including phenoxy) is 1. The van der Waals surface area contributed by atoms with Crippen LogP contribution in [0, 0.1) is 6.92 Å². The Morgan fingerprint density at radius 1 is 1.32 bits per heavy atom. The van der Waals surface area contributed by atoms with Crippen molar-refractivity contribution in [2.75, 3.05) is 13.7 Å². The summed E-state index contributed by atoms with van der Waals surface area (Å²) in [6.07, 6.45) is 1.55. The lowest BCUT2D eigenvalue weighted by atomic mass is 10.1. The molecule has 1 amide bonds. The van der Waals surface area contributed by atoms with Crippen molar-refractivity contribution in [2.45, 2.75) is 32.0 Å². The highest BCUT2D eigenvalue weighted by molar-refractivity contribution is 5.97. The fourth-order valence-corrected chi connectivity index (χ4v) is 3.15. The lowest BCUT2D eigenvalue weighted by Crippen LogP contribution is -2.40. The highest BCUT2D eigenvalue weighted by Crippen LogP contribution is 2.24. The molecule has 0 radical (unpaired) electrons. The van der Waals surface area contributed by atoms with Gasteiger partial charge in [-0.1, -0.05) is 30.3 Å². The first-order valence-corrected chi connectivity index (χ1v) is 8.14.